The fourth-order valence-corrected chi connectivity index (χ4v) is 3.02. The number of furan rings is 1. The summed E-state index contributed by atoms with van der Waals surface area (Å²) in [5, 5.41) is 18.9. The van der Waals surface area contributed by atoms with Gasteiger partial charge in [-0.1, -0.05) is 41.9 Å². The van der Waals surface area contributed by atoms with Crippen LogP contribution in [-0.4, -0.2) is 27.2 Å². The first-order chi connectivity index (χ1) is 14.5. The van der Waals surface area contributed by atoms with Crippen molar-refractivity contribution in [2.24, 2.45) is 0 Å². The Labute approximate surface area is 175 Å². The third-order valence-corrected chi connectivity index (χ3v) is 4.58. The zero-order chi connectivity index (χ0) is 21.1. The second-order valence-electron chi connectivity index (χ2n) is 6.34. The van der Waals surface area contributed by atoms with E-state index in [1.807, 2.05) is 30.3 Å². The van der Waals surface area contributed by atoms with Gasteiger partial charge in [-0.15, -0.1) is 0 Å². The number of nitrogens with one attached hydrogen (secondary N) is 1. The van der Waals surface area contributed by atoms with E-state index in [9.17, 15) is 14.9 Å². The van der Waals surface area contributed by atoms with E-state index in [0.29, 0.717) is 22.0 Å². The molecule has 150 valence electrons. The van der Waals surface area contributed by atoms with E-state index < -0.39 is 10.8 Å². The summed E-state index contributed by atoms with van der Waals surface area (Å²) in [4.78, 5) is 23.2. The standard InChI is InChI=1S/C21H15ClN4O4/c22-15-8-6-14(7-9-15)18-12-17(19-10-11-21(30-19)26(28)29)24-25(18)20(27)13-23-16-4-2-1-3-5-16/h1-12,23H,13H2. The van der Waals surface area contributed by atoms with Crippen molar-refractivity contribution in [1.29, 1.82) is 0 Å². The molecule has 0 saturated heterocycles. The third kappa shape index (κ3) is 4.08. The number of hydrogen-bond donors (Lipinski definition) is 1. The van der Waals surface area contributed by atoms with Crippen LogP contribution in [0.4, 0.5) is 11.6 Å². The molecule has 0 amide bonds. The highest BCUT2D eigenvalue weighted by Crippen LogP contribution is 2.30. The van der Waals surface area contributed by atoms with Crippen molar-refractivity contribution >= 4 is 29.1 Å². The Morgan fingerprint density at radius 2 is 1.83 bits per heavy atom. The largest absolute Gasteiger partial charge is 0.433 e. The first kappa shape index (κ1) is 19.4. The number of benzene rings is 2. The Bertz CT molecular complexity index is 1200. The van der Waals surface area contributed by atoms with E-state index in [2.05, 4.69) is 10.4 Å². The number of nitrogens with zero attached hydrogens (tertiary/aromatic N) is 3. The summed E-state index contributed by atoms with van der Waals surface area (Å²) >= 11 is 5.97. The maximum Gasteiger partial charge on any atom is 0.433 e. The van der Waals surface area contributed by atoms with Gasteiger partial charge >= 0.3 is 5.88 Å². The average molecular weight is 423 g/mol. The van der Waals surface area contributed by atoms with Crippen molar-refractivity contribution in [2.75, 3.05) is 11.9 Å². The lowest BCUT2D eigenvalue weighted by Crippen LogP contribution is -2.22. The molecule has 0 saturated carbocycles. The molecule has 0 unspecified atom stereocenters. The molecule has 0 aliphatic carbocycles. The Kier molecular flexibility index (Phi) is 5.32. The second kappa shape index (κ2) is 8.22. The van der Waals surface area contributed by atoms with Crippen LogP contribution < -0.4 is 5.32 Å². The molecule has 0 spiro atoms. The van der Waals surface area contributed by atoms with Crippen molar-refractivity contribution in [1.82, 2.24) is 9.78 Å². The monoisotopic (exact) mass is 422 g/mol. The smallest absolute Gasteiger partial charge is 0.399 e. The highest BCUT2D eigenvalue weighted by molar-refractivity contribution is 6.30. The summed E-state index contributed by atoms with van der Waals surface area (Å²) in [7, 11) is 0. The van der Waals surface area contributed by atoms with Crippen molar-refractivity contribution in [3.8, 4) is 22.7 Å². The third-order valence-electron chi connectivity index (χ3n) is 4.33. The molecule has 2 aromatic carbocycles. The summed E-state index contributed by atoms with van der Waals surface area (Å²) in [5.41, 5.74) is 2.34. The Hall–Kier alpha value is -3.91. The van der Waals surface area contributed by atoms with Gasteiger partial charge < -0.3 is 9.73 Å². The number of carbonyl (C=O) groups is 1. The van der Waals surface area contributed by atoms with Crippen molar-refractivity contribution in [2.45, 2.75) is 0 Å². The number of hydrogen-bond acceptors (Lipinski definition) is 6. The van der Waals surface area contributed by atoms with Gasteiger partial charge in [-0.3, -0.25) is 14.9 Å². The number of aromatic nitrogens is 2. The van der Waals surface area contributed by atoms with E-state index in [4.69, 9.17) is 16.0 Å². The molecular formula is C21H15ClN4O4. The lowest BCUT2D eigenvalue weighted by atomic mass is 10.1. The Morgan fingerprint density at radius 3 is 2.50 bits per heavy atom. The SMILES string of the molecule is O=C(CNc1ccccc1)n1nc(-c2ccc([N+](=O)[O-])o2)cc1-c1ccc(Cl)cc1. The molecule has 0 atom stereocenters. The summed E-state index contributed by atoms with van der Waals surface area (Å²) in [6.07, 6.45) is 0. The van der Waals surface area contributed by atoms with Gasteiger partial charge in [-0.05, 0) is 36.4 Å². The zero-order valence-electron chi connectivity index (χ0n) is 15.5. The predicted molar refractivity (Wildman–Crippen MR) is 113 cm³/mol. The molecule has 0 fully saturated rings. The highest BCUT2D eigenvalue weighted by Gasteiger charge is 2.20. The second-order valence-corrected chi connectivity index (χ2v) is 6.78. The van der Waals surface area contributed by atoms with Crippen LogP contribution in [0, 0.1) is 10.1 Å². The van der Waals surface area contributed by atoms with Gasteiger partial charge in [0.1, 0.15) is 10.6 Å². The summed E-state index contributed by atoms with van der Waals surface area (Å²) in [6, 6.07) is 20.6. The lowest BCUT2D eigenvalue weighted by molar-refractivity contribution is -0.401. The Balaban J connectivity index is 1.69. The van der Waals surface area contributed by atoms with E-state index in [1.165, 1.54) is 16.8 Å². The maximum atomic E-state index is 12.9. The molecule has 0 radical (unpaired) electrons. The predicted octanol–water partition coefficient (Wildman–Crippen LogP) is 5.12. The van der Waals surface area contributed by atoms with Crippen LogP contribution >= 0.6 is 11.6 Å². The molecule has 30 heavy (non-hydrogen) atoms. The number of para-hydroxylation sites is 1. The summed E-state index contributed by atoms with van der Waals surface area (Å²) < 4.78 is 6.49. The van der Waals surface area contributed by atoms with E-state index in [1.54, 1.807) is 30.3 Å². The number of nitro groups is 1. The first-order valence-electron chi connectivity index (χ1n) is 8.94. The van der Waals surface area contributed by atoms with Crippen LogP contribution in [0.25, 0.3) is 22.7 Å². The molecule has 2 heterocycles. The number of carbonyl (C=O) groups excluding carboxylic acids is 1. The van der Waals surface area contributed by atoms with Crippen LogP contribution in [-0.2, 0) is 0 Å². The van der Waals surface area contributed by atoms with Gasteiger partial charge in [0.15, 0.2) is 5.76 Å². The first-order valence-corrected chi connectivity index (χ1v) is 9.32. The number of rotatable bonds is 6. The van der Waals surface area contributed by atoms with Crippen LogP contribution in [0.1, 0.15) is 4.79 Å². The van der Waals surface area contributed by atoms with Gasteiger partial charge in [0.25, 0.3) is 5.91 Å². The minimum atomic E-state index is -0.629. The molecular weight excluding hydrogens is 408 g/mol. The quantitative estimate of drug-likeness (QED) is 0.341. The normalized spacial score (nSPS) is 10.7. The van der Waals surface area contributed by atoms with Gasteiger partial charge in [-0.25, -0.2) is 0 Å². The minimum absolute atomic E-state index is 0.00399. The van der Waals surface area contributed by atoms with Crippen molar-refractivity contribution in [3.63, 3.8) is 0 Å². The molecule has 0 aliphatic rings. The van der Waals surface area contributed by atoms with Crippen LogP contribution in [0.3, 0.4) is 0 Å². The molecule has 0 bridgehead atoms. The van der Waals surface area contributed by atoms with Gasteiger partial charge in [0.2, 0.25) is 0 Å². The maximum absolute atomic E-state index is 12.9. The van der Waals surface area contributed by atoms with Crippen molar-refractivity contribution < 1.29 is 14.1 Å². The van der Waals surface area contributed by atoms with Crippen LogP contribution in [0.15, 0.2) is 77.2 Å². The topological polar surface area (TPSA) is 103 Å². The number of anilines is 1. The lowest BCUT2D eigenvalue weighted by Gasteiger charge is -2.08. The molecule has 0 aliphatic heterocycles. The van der Waals surface area contributed by atoms with E-state index >= 15 is 0 Å². The van der Waals surface area contributed by atoms with E-state index in [-0.39, 0.29) is 18.2 Å². The van der Waals surface area contributed by atoms with E-state index in [0.717, 1.165) is 5.69 Å². The summed E-state index contributed by atoms with van der Waals surface area (Å²) in [6.45, 7) is 0.00399. The molecule has 4 aromatic rings. The van der Waals surface area contributed by atoms with Gasteiger partial charge in [0, 0.05) is 16.3 Å². The average Bonchev–Trinajstić information content (AvgIpc) is 3.41. The van der Waals surface area contributed by atoms with Crippen LogP contribution in [0.5, 0.6) is 0 Å². The highest BCUT2D eigenvalue weighted by atomic mass is 35.5. The van der Waals surface area contributed by atoms with Crippen LogP contribution in [0.2, 0.25) is 5.02 Å². The molecule has 2 aromatic heterocycles. The fourth-order valence-electron chi connectivity index (χ4n) is 2.89. The number of halogens is 1. The fraction of sp³-hybridized carbons (Fsp3) is 0.0476. The minimum Gasteiger partial charge on any atom is -0.399 e. The molecule has 4 rings (SSSR count). The molecule has 1 N–H and O–H groups in total. The summed E-state index contributed by atoms with van der Waals surface area (Å²) in [5.74, 6) is -0.514. The van der Waals surface area contributed by atoms with Gasteiger partial charge in [-0.2, -0.15) is 9.78 Å². The van der Waals surface area contributed by atoms with Crippen molar-refractivity contribution in [3.05, 3.63) is 87.9 Å². The molecule has 9 heteroatoms. The van der Waals surface area contributed by atoms with Gasteiger partial charge in [0.05, 0.1) is 18.3 Å². The molecule has 8 nitrogen and oxygen atoms in total. The zero-order valence-corrected chi connectivity index (χ0v) is 16.2. The Morgan fingerprint density at radius 1 is 1.10 bits per heavy atom.